The zero-order chi connectivity index (χ0) is 32.2. The van der Waals surface area contributed by atoms with Gasteiger partial charge in [-0.1, -0.05) is 114 Å². The van der Waals surface area contributed by atoms with Crippen LogP contribution in [-0.2, 0) is 4.79 Å². The summed E-state index contributed by atoms with van der Waals surface area (Å²) in [6, 6.07) is 35.5. The van der Waals surface area contributed by atoms with Crippen LogP contribution >= 0.6 is 34.5 Å². The van der Waals surface area contributed by atoms with E-state index < -0.39 is 5.91 Å². The minimum Gasteiger partial charge on any atom is -0.335 e. The van der Waals surface area contributed by atoms with Crippen molar-refractivity contribution in [2.24, 2.45) is 0 Å². The third-order valence-corrected chi connectivity index (χ3v) is 9.89. The number of hydrogen-bond acceptors (Lipinski definition) is 5. The molecule has 6 nitrogen and oxygen atoms in total. The number of hydrogen-bond donors (Lipinski definition) is 0. The first-order valence-electron chi connectivity index (χ1n) is 14.9. The van der Waals surface area contributed by atoms with Gasteiger partial charge in [0.2, 0.25) is 0 Å². The van der Waals surface area contributed by atoms with Crippen LogP contribution in [0.2, 0.25) is 10.0 Å². The van der Waals surface area contributed by atoms with Crippen molar-refractivity contribution in [1.29, 1.82) is 5.26 Å². The average molecular weight is 666 g/mol. The molecule has 1 aliphatic rings. The van der Waals surface area contributed by atoms with Crippen molar-refractivity contribution in [3.05, 3.63) is 155 Å². The van der Waals surface area contributed by atoms with E-state index >= 15 is 0 Å². The number of carbonyl (C=O) groups excluding carboxylic acids is 1. The van der Waals surface area contributed by atoms with Gasteiger partial charge in [0, 0.05) is 26.2 Å². The van der Waals surface area contributed by atoms with Gasteiger partial charge in [0.05, 0.1) is 26.3 Å². The second-order valence-corrected chi connectivity index (χ2v) is 13.0. The Balaban J connectivity index is 1.38. The Morgan fingerprint density at radius 2 is 1.50 bits per heavy atom. The van der Waals surface area contributed by atoms with E-state index in [1.165, 1.54) is 15.7 Å². The van der Waals surface area contributed by atoms with Crippen molar-refractivity contribution in [3.8, 4) is 11.8 Å². The van der Waals surface area contributed by atoms with E-state index in [0.717, 1.165) is 22.5 Å². The lowest BCUT2D eigenvalue weighted by atomic mass is 9.96. The third-order valence-electron chi connectivity index (χ3n) is 8.06. The third kappa shape index (κ3) is 6.57. The van der Waals surface area contributed by atoms with Crippen molar-refractivity contribution >= 4 is 52.1 Å². The van der Waals surface area contributed by atoms with Crippen LogP contribution in [0.15, 0.2) is 108 Å². The van der Waals surface area contributed by atoms with Gasteiger partial charge in [-0.05, 0) is 47.9 Å². The van der Waals surface area contributed by atoms with Gasteiger partial charge in [0.15, 0.2) is 5.57 Å². The molecule has 6 rings (SSSR count). The number of halogens is 2. The molecule has 0 radical (unpaired) electrons. The van der Waals surface area contributed by atoms with Crippen LogP contribution in [0.4, 0.5) is 0 Å². The van der Waals surface area contributed by atoms with E-state index in [1.807, 2.05) is 67.6 Å². The lowest BCUT2D eigenvalue weighted by Crippen LogP contribution is -2.50. The quantitative estimate of drug-likeness (QED) is 0.225. The van der Waals surface area contributed by atoms with Crippen LogP contribution in [0.5, 0.6) is 0 Å². The highest BCUT2D eigenvalue weighted by atomic mass is 35.5. The average Bonchev–Trinajstić information content (AvgIpc) is 3.38. The van der Waals surface area contributed by atoms with Crippen molar-refractivity contribution < 1.29 is 4.79 Å². The molecule has 0 saturated carbocycles. The Hall–Kier alpha value is -4.45. The van der Waals surface area contributed by atoms with E-state index in [-0.39, 0.29) is 26.9 Å². The highest BCUT2D eigenvalue weighted by Crippen LogP contribution is 2.30. The number of nitrogens with zero attached hydrogens (tertiary/aromatic N) is 4. The monoisotopic (exact) mass is 664 g/mol. The van der Waals surface area contributed by atoms with E-state index in [9.17, 15) is 14.9 Å². The second kappa shape index (κ2) is 13.9. The summed E-state index contributed by atoms with van der Waals surface area (Å²) in [6.45, 7) is 4.09. The molecule has 0 spiro atoms. The molecule has 0 N–H and O–H groups in total. The molecule has 5 aromatic rings. The maximum Gasteiger partial charge on any atom is 0.273 e. The maximum absolute atomic E-state index is 14.1. The lowest BCUT2D eigenvalue weighted by molar-refractivity contribution is -0.126. The zero-order valence-electron chi connectivity index (χ0n) is 25.1. The summed E-state index contributed by atoms with van der Waals surface area (Å²) in [6.07, 6.45) is 1.78. The summed E-state index contributed by atoms with van der Waals surface area (Å²) < 4.78 is 2.04. The van der Waals surface area contributed by atoms with Crippen LogP contribution in [0.3, 0.4) is 0 Å². The van der Waals surface area contributed by atoms with Crippen molar-refractivity contribution in [1.82, 2.24) is 14.4 Å². The number of rotatable bonds is 6. The van der Waals surface area contributed by atoms with E-state index in [2.05, 4.69) is 35.2 Å². The zero-order valence-corrected chi connectivity index (χ0v) is 27.4. The number of aryl methyl sites for hydroxylation is 1. The Kier molecular flexibility index (Phi) is 9.53. The number of amides is 1. The van der Waals surface area contributed by atoms with Gasteiger partial charge in [-0.25, -0.2) is 0 Å². The molecule has 4 aromatic carbocycles. The van der Waals surface area contributed by atoms with Crippen molar-refractivity contribution in [2.75, 3.05) is 26.2 Å². The minimum atomic E-state index is -0.407. The molecule has 0 unspecified atom stereocenters. The van der Waals surface area contributed by atoms with Gasteiger partial charge in [-0.3, -0.25) is 19.1 Å². The first kappa shape index (κ1) is 31.5. The van der Waals surface area contributed by atoms with E-state index in [4.69, 9.17) is 23.2 Å². The molecule has 9 heteroatoms. The van der Waals surface area contributed by atoms with Crippen molar-refractivity contribution in [2.45, 2.75) is 13.0 Å². The Morgan fingerprint density at radius 1 is 0.848 bits per heavy atom. The molecule has 1 aliphatic heterocycles. The first-order valence-corrected chi connectivity index (χ1v) is 16.4. The number of carbonyl (C=O) groups is 1. The molecule has 0 aliphatic carbocycles. The molecule has 1 amide bonds. The predicted molar refractivity (Wildman–Crippen MR) is 186 cm³/mol. The first-order chi connectivity index (χ1) is 22.3. The number of nitriles is 1. The van der Waals surface area contributed by atoms with Gasteiger partial charge in [0.1, 0.15) is 10.7 Å². The van der Waals surface area contributed by atoms with Crippen LogP contribution < -0.4 is 14.8 Å². The molecule has 1 fully saturated rings. The normalized spacial score (nSPS) is 14.8. The molecule has 46 heavy (non-hydrogen) atoms. The van der Waals surface area contributed by atoms with Crippen LogP contribution in [0.25, 0.3) is 17.3 Å². The standard InChI is InChI=1S/C37H30Cl2N4O2S/c1-25-9-8-10-26(21-25)22-33-36(45)43(29-15-16-31(38)32(39)23-29)37(46-33)30(24-40)35(44)42-19-17-41(18-20-42)34(27-11-4-2-5-12-27)28-13-6-3-7-14-28/h2-16,21-23,34H,17-20H2,1H3. The SMILES string of the molecule is Cc1cccc(C=c2sc(=C(C#N)C(=O)N3CCN(C(c4ccccc4)c4ccccc4)CC3)n(-c3ccc(Cl)c(Cl)c3)c2=O)c1. The smallest absolute Gasteiger partial charge is 0.273 e. The number of benzene rings is 4. The highest BCUT2D eigenvalue weighted by Gasteiger charge is 2.30. The summed E-state index contributed by atoms with van der Waals surface area (Å²) in [5, 5.41) is 11.0. The Labute approximate surface area is 281 Å². The predicted octanol–water partition coefficient (Wildman–Crippen LogP) is 5.95. The summed E-state index contributed by atoms with van der Waals surface area (Å²) in [5.74, 6) is -0.407. The van der Waals surface area contributed by atoms with Crippen LogP contribution in [-0.4, -0.2) is 46.5 Å². The maximum atomic E-state index is 14.1. The van der Waals surface area contributed by atoms with Gasteiger partial charge in [-0.15, -0.1) is 11.3 Å². The van der Waals surface area contributed by atoms with Gasteiger partial charge >= 0.3 is 0 Å². The van der Waals surface area contributed by atoms with E-state index in [0.29, 0.717) is 41.4 Å². The minimum absolute atomic E-state index is 0.0379. The largest absolute Gasteiger partial charge is 0.335 e. The number of aromatic nitrogens is 1. The van der Waals surface area contributed by atoms with Gasteiger partial charge in [0.25, 0.3) is 11.5 Å². The molecule has 1 saturated heterocycles. The second-order valence-electron chi connectivity index (χ2n) is 11.1. The molecule has 0 bridgehead atoms. The summed E-state index contributed by atoms with van der Waals surface area (Å²) in [7, 11) is 0. The van der Waals surface area contributed by atoms with E-state index in [1.54, 1.807) is 29.2 Å². The topological polar surface area (TPSA) is 69.3 Å². The number of thiazole rings is 1. The summed E-state index contributed by atoms with van der Waals surface area (Å²) >= 11 is 13.6. The molecule has 1 aromatic heterocycles. The summed E-state index contributed by atoms with van der Waals surface area (Å²) in [5.41, 5.74) is 4.24. The summed E-state index contributed by atoms with van der Waals surface area (Å²) in [4.78, 5) is 32.0. The molecule has 0 atom stereocenters. The van der Waals surface area contributed by atoms with Crippen molar-refractivity contribution in [3.63, 3.8) is 0 Å². The highest BCUT2D eigenvalue weighted by molar-refractivity contribution is 7.07. The Bertz CT molecular complexity index is 2070. The van der Waals surface area contributed by atoms with Crippen LogP contribution in [0, 0.1) is 18.3 Å². The fraction of sp³-hybridized carbons (Fsp3) is 0.162. The van der Waals surface area contributed by atoms with Crippen LogP contribution in [0.1, 0.15) is 28.3 Å². The fourth-order valence-electron chi connectivity index (χ4n) is 5.83. The van der Waals surface area contributed by atoms with Gasteiger partial charge in [-0.2, -0.15) is 5.26 Å². The molecule has 2 heterocycles. The number of piperazine rings is 1. The fourth-order valence-corrected chi connectivity index (χ4v) is 7.22. The molecule has 230 valence electrons. The molecular formula is C37H30Cl2N4O2S. The lowest BCUT2D eigenvalue weighted by Gasteiger charge is -2.39. The molecular weight excluding hydrogens is 635 g/mol. The Morgan fingerprint density at radius 3 is 2.09 bits per heavy atom. The van der Waals surface area contributed by atoms with Gasteiger partial charge < -0.3 is 4.90 Å².